The minimum Gasteiger partial charge on any atom is -0.378 e. The molecule has 0 saturated heterocycles. The van der Waals surface area contributed by atoms with Crippen molar-refractivity contribution < 1.29 is 4.39 Å². The van der Waals surface area contributed by atoms with Crippen LogP contribution in [0.4, 0.5) is 10.1 Å². The lowest BCUT2D eigenvalue weighted by atomic mass is 10.1. The molecule has 0 fully saturated rings. The summed E-state index contributed by atoms with van der Waals surface area (Å²) in [5.74, 6) is -0.162. The fourth-order valence-electron chi connectivity index (χ4n) is 2.21. The molecular formula is C17H20FN. The second kappa shape index (κ2) is 6.37. The lowest BCUT2D eigenvalue weighted by Crippen LogP contribution is -2.08. The molecule has 0 aliphatic rings. The van der Waals surface area contributed by atoms with Crippen LogP contribution in [0.15, 0.2) is 48.5 Å². The Kier molecular flexibility index (Phi) is 4.56. The molecule has 0 aliphatic carbocycles. The summed E-state index contributed by atoms with van der Waals surface area (Å²) in [5, 5.41) is 3.33. The van der Waals surface area contributed by atoms with E-state index < -0.39 is 0 Å². The third-order valence-electron chi connectivity index (χ3n) is 3.25. The fourth-order valence-corrected chi connectivity index (χ4v) is 2.21. The van der Waals surface area contributed by atoms with Crippen molar-refractivity contribution in [1.29, 1.82) is 0 Å². The molecule has 2 heteroatoms. The van der Waals surface area contributed by atoms with Crippen molar-refractivity contribution in [2.45, 2.75) is 32.7 Å². The lowest BCUT2D eigenvalue weighted by molar-refractivity contribution is 0.600. The SMILES string of the molecule is CCCc1ccc(NC(C)c2ccccc2F)cc1. The quantitative estimate of drug-likeness (QED) is 0.799. The van der Waals surface area contributed by atoms with E-state index in [1.165, 1.54) is 11.6 Å². The van der Waals surface area contributed by atoms with Gasteiger partial charge in [-0.15, -0.1) is 0 Å². The Morgan fingerprint density at radius 1 is 1.05 bits per heavy atom. The van der Waals surface area contributed by atoms with Gasteiger partial charge < -0.3 is 5.32 Å². The van der Waals surface area contributed by atoms with Gasteiger partial charge in [-0.3, -0.25) is 0 Å². The molecule has 1 N–H and O–H groups in total. The van der Waals surface area contributed by atoms with E-state index in [0.29, 0.717) is 5.56 Å². The summed E-state index contributed by atoms with van der Waals surface area (Å²) < 4.78 is 13.7. The number of rotatable bonds is 5. The van der Waals surface area contributed by atoms with Gasteiger partial charge in [0.2, 0.25) is 0 Å². The summed E-state index contributed by atoms with van der Waals surface area (Å²) in [7, 11) is 0. The van der Waals surface area contributed by atoms with Crippen molar-refractivity contribution in [3.8, 4) is 0 Å². The zero-order chi connectivity index (χ0) is 13.7. The van der Waals surface area contributed by atoms with Gasteiger partial charge in [-0.2, -0.15) is 0 Å². The normalized spacial score (nSPS) is 12.2. The Bertz CT molecular complexity index is 519. The first-order valence-electron chi connectivity index (χ1n) is 6.80. The second-order valence-electron chi connectivity index (χ2n) is 4.83. The van der Waals surface area contributed by atoms with Crippen LogP contribution >= 0.6 is 0 Å². The zero-order valence-electron chi connectivity index (χ0n) is 11.5. The number of benzene rings is 2. The number of nitrogens with one attached hydrogen (secondary N) is 1. The van der Waals surface area contributed by atoms with Crippen LogP contribution in [0.2, 0.25) is 0 Å². The summed E-state index contributed by atoms with van der Waals surface area (Å²) >= 11 is 0. The van der Waals surface area contributed by atoms with Gasteiger partial charge >= 0.3 is 0 Å². The largest absolute Gasteiger partial charge is 0.378 e. The maximum Gasteiger partial charge on any atom is 0.128 e. The van der Waals surface area contributed by atoms with E-state index >= 15 is 0 Å². The van der Waals surface area contributed by atoms with Crippen molar-refractivity contribution in [2.75, 3.05) is 5.32 Å². The molecule has 0 heterocycles. The molecule has 1 atom stereocenters. The molecule has 2 aromatic rings. The van der Waals surface area contributed by atoms with Gasteiger partial charge in [0, 0.05) is 11.3 Å². The molecule has 1 nitrogen and oxygen atoms in total. The number of anilines is 1. The van der Waals surface area contributed by atoms with Crippen LogP contribution in [0, 0.1) is 5.82 Å². The number of hydrogen-bond donors (Lipinski definition) is 1. The summed E-state index contributed by atoms with van der Waals surface area (Å²) in [6, 6.07) is 15.2. The monoisotopic (exact) mass is 257 g/mol. The Balaban J connectivity index is 2.06. The molecule has 0 saturated carbocycles. The zero-order valence-corrected chi connectivity index (χ0v) is 11.5. The molecule has 0 spiro atoms. The Morgan fingerprint density at radius 2 is 1.74 bits per heavy atom. The number of aryl methyl sites for hydroxylation is 1. The highest BCUT2D eigenvalue weighted by atomic mass is 19.1. The van der Waals surface area contributed by atoms with Crippen molar-refractivity contribution in [3.05, 3.63) is 65.5 Å². The maximum atomic E-state index is 13.7. The topological polar surface area (TPSA) is 12.0 Å². The van der Waals surface area contributed by atoms with Crippen LogP contribution in [0.5, 0.6) is 0 Å². The van der Waals surface area contributed by atoms with Crippen LogP contribution in [0.1, 0.15) is 37.4 Å². The molecule has 0 amide bonds. The average molecular weight is 257 g/mol. The van der Waals surface area contributed by atoms with Gasteiger partial charge in [-0.25, -0.2) is 4.39 Å². The van der Waals surface area contributed by atoms with Crippen molar-refractivity contribution >= 4 is 5.69 Å². The van der Waals surface area contributed by atoms with Crippen molar-refractivity contribution in [3.63, 3.8) is 0 Å². The first-order chi connectivity index (χ1) is 9.20. The summed E-state index contributed by atoms with van der Waals surface area (Å²) in [4.78, 5) is 0. The van der Waals surface area contributed by atoms with E-state index in [2.05, 4.69) is 36.5 Å². The minimum atomic E-state index is -0.162. The molecule has 19 heavy (non-hydrogen) atoms. The van der Waals surface area contributed by atoms with E-state index in [-0.39, 0.29) is 11.9 Å². The lowest BCUT2D eigenvalue weighted by Gasteiger charge is -2.16. The van der Waals surface area contributed by atoms with E-state index in [1.807, 2.05) is 19.1 Å². The molecule has 0 radical (unpaired) electrons. The fraction of sp³-hybridized carbons (Fsp3) is 0.294. The first kappa shape index (κ1) is 13.6. The highest BCUT2D eigenvalue weighted by Gasteiger charge is 2.09. The highest BCUT2D eigenvalue weighted by molar-refractivity contribution is 5.46. The maximum absolute atomic E-state index is 13.7. The Hall–Kier alpha value is -1.83. The molecule has 100 valence electrons. The molecular weight excluding hydrogens is 237 g/mol. The summed E-state index contributed by atoms with van der Waals surface area (Å²) in [5.41, 5.74) is 3.06. The standard InChI is InChI=1S/C17H20FN/c1-3-6-14-9-11-15(12-10-14)19-13(2)16-7-4-5-8-17(16)18/h4-5,7-13,19H,3,6H2,1-2H3. The van der Waals surface area contributed by atoms with Crippen LogP contribution in [0.3, 0.4) is 0 Å². The molecule has 2 rings (SSSR count). The van der Waals surface area contributed by atoms with Gasteiger partial charge in [-0.1, -0.05) is 43.7 Å². The predicted molar refractivity (Wildman–Crippen MR) is 78.9 cm³/mol. The van der Waals surface area contributed by atoms with Crippen LogP contribution < -0.4 is 5.32 Å². The minimum absolute atomic E-state index is 0.0433. The van der Waals surface area contributed by atoms with Gasteiger partial charge in [0.05, 0.1) is 6.04 Å². The molecule has 0 bridgehead atoms. The van der Waals surface area contributed by atoms with E-state index in [9.17, 15) is 4.39 Å². The molecule has 1 unspecified atom stereocenters. The van der Waals surface area contributed by atoms with Gasteiger partial charge in [0.1, 0.15) is 5.82 Å². The predicted octanol–water partition coefficient (Wildman–Crippen LogP) is 4.95. The summed E-state index contributed by atoms with van der Waals surface area (Å²) in [6.45, 7) is 4.14. The Labute approximate surface area is 114 Å². The molecule has 0 aliphatic heterocycles. The van der Waals surface area contributed by atoms with Gasteiger partial charge in [0.15, 0.2) is 0 Å². The first-order valence-corrected chi connectivity index (χ1v) is 6.80. The van der Waals surface area contributed by atoms with E-state index in [0.717, 1.165) is 18.5 Å². The highest BCUT2D eigenvalue weighted by Crippen LogP contribution is 2.21. The number of hydrogen-bond acceptors (Lipinski definition) is 1. The second-order valence-corrected chi connectivity index (χ2v) is 4.83. The smallest absolute Gasteiger partial charge is 0.128 e. The number of halogens is 1. The summed E-state index contributed by atoms with van der Waals surface area (Å²) in [6.07, 6.45) is 2.25. The van der Waals surface area contributed by atoms with E-state index in [4.69, 9.17) is 0 Å². The van der Waals surface area contributed by atoms with Crippen LogP contribution in [-0.2, 0) is 6.42 Å². The molecule has 0 aromatic heterocycles. The Morgan fingerprint density at radius 3 is 2.37 bits per heavy atom. The third-order valence-corrected chi connectivity index (χ3v) is 3.25. The van der Waals surface area contributed by atoms with Crippen LogP contribution in [0.25, 0.3) is 0 Å². The van der Waals surface area contributed by atoms with Gasteiger partial charge in [-0.05, 0) is 37.1 Å². The van der Waals surface area contributed by atoms with Gasteiger partial charge in [0.25, 0.3) is 0 Å². The van der Waals surface area contributed by atoms with Crippen LogP contribution in [-0.4, -0.2) is 0 Å². The van der Waals surface area contributed by atoms with E-state index in [1.54, 1.807) is 6.07 Å². The van der Waals surface area contributed by atoms with Crippen molar-refractivity contribution in [2.24, 2.45) is 0 Å². The molecule has 2 aromatic carbocycles. The van der Waals surface area contributed by atoms with Crippen molar-refractivity contribution in [1.82, 2.24) is 0 Å². The third kappa shape index (κ3) is 3.57. The average Bonchev–Trinajstić information content (AvgIpc) is 2.42.